The van der Waals surface area contributed by atoms with Crippen LogP contribution in [0.5, 0.6) is 0 Å². The number of nitrogens with one attached hydrogen (secondary N) is 1. The van der Waals surface area contributed by atoms with Gasteiger partial charge in [-0.2, -0.15) is 0 Å². The van der Waals surface area contributed by atoms with Gasteiger partial charge in [0.15, 0.2) is 0 Å². The minimum absolute atomic E-state index is 0. The van der Waals surface area contributed by atoms with E-state index in [-0.39, 0.29) is 30.7 Å². The quantitative estimate of drug-likeness (QED) is 0.532. The maximum Gasteiger partial charge on any atom is 0.216 e. The lowest BCUT2D eigenvalue weighted by atomic mass is 10.7. The van der Waals surface area contributed by atoms with Crippen molar-refractivity contribution in [3.63, 3.8) is 0 Å². The van der Waals surface area contributed by atoms with Crippen molar-refractivity contribution in [2.75, 3.05) is 7.05 Å². The normalized spacial score (nSPS) is 4.86. The van der Waals surface area contributed by atoms with E-state index in [2.05, 4.69) is 5.32 Å². The fourth-order valence-corrected chi connectivity index (χ4v) is 0. The molecule has 0 spiro atoms. The van der Waals surface area contributed by atoms with Gasteiger partial charge in [-0.15, -0.1) is 24.8 Å². The highest BCUT2D eigenvalue weighted by molar-refractivity contribution is 5.85. The third kappa shape index (κ3) is 23.6. The topological polar surface area (TPSA) is 29.1 Å². The molecule has 0 aromatic rings. The second-order valence-electron chi connectivity index (χ2n) is 0.806. The van der Waals surface area contributed by atoms with Crippen LogP contribution in [0.3, 0.4) is 0 Å². The zero-order chi connectivity index (χ0) is 4.28. The number of amides is 1. The van der Waals surface area contributed by atoms with E-state index in [1.54, 1.807) is 7.05 Å². The number of carbonyl (C=O) groups is 1. The molecular formula is C3H9Cl2NO. The lowest BCUT2D eigenvalue weighted by Crippen LogP contribution is -2.11. The molecule has 0 heterocycles. The van der Waals surface area contributed by atoms with Gasteiger partial charge in [-0.1, -0.05) is 0 Å². The summed E-state index contributed by atoms with van der Waals surface area (Å²) in [7, 11) is 1.60. The number of rotatable bonds is 0. The third-order valence-electron chi connectivity index (χ3n) is 0.352. The Morgan fingerprint density at radius 2 is 1.57 bits per heavy atom. The van der Waals surface area contributed by atoms with Crippen molar-refractivity contribution in [3.05, 3.63) is 0 Å². The van der Waals surface area contributed by atoms with Crippen molar-refractivity contribution in [3.8, 4) is 0 Å². The molecule has 0 aliphatic rings. The SMILES string of the molecule is CNC(C)=O.Cl.Cl. The van der Waals surface area contributed by atoms with E-state index in [0.29, 0.717) is 0 Å². The maximum atomic E-state index is 9.70. The Morgan fingerprint density at radius 1 is 1.43 bits per heavy atom. The van der Waals surface area contributed by atoms with Gasteiger partial charge < -0.3 is 5.32 Å². The van der Waals surface area contributed by atoms with Gasteiger partial charge in [0.2, 0.25) is 5.91 Å². The molecule has 0 aromatic carbocycles. The van der Waals surface area contributed by atoms with Crippen LogP contribution in [0, 0.1) is 0 Å². The first kappa shape index (κ1) is 15.7. The summed E-state index contributed by atoms with van der Waals surface area (Å²) >= 11 is 0. The largest absolute Gasteiger partial charge is 0.359 e. The van der Waals surface area contributed by atoms with E-state index in [0.717, 1.165) is 0 Å². The minimum Gasteiger partial charge on any atom is -0.359 e. The summed E-state index contributed by atoms with van der Waals surface area (Å²) in [5.74, 6) is 0.00463. The Morgan fingerprint density at radius 3 is 1.57 bits per heavy atom. The zero-order valence-electron chi connectivity index (χ0n) is 4.22. The lowest BCUT2D eigenvalue weighted by Gasteiger charge is -1.80. The van der Waals surface area contributed by atoms with Gasteiger partial charge >= 0.3 is 0 Å². The molecule has 0 unspecified atom stereocenters. The van der Waals surface area contributed by atoms with Crippen molar-refractivity contribution in [1.82, 2.24) is 5.32 Å². The van der Waals surface area contributed by atoms with Crippen LogP contribution in [0.15, 0.2) is 0 Å². The first-order valence-electron chi connectivity index (χ1n) is 1.45. The minimum atomic E-state index is 0. The van der Waals surface area contributed by atoms with E-state index in [9.17, 15) is 4.79 Å². The summed E-state index contributed by atoms with van der Waals surface area (Å²) in [6.07, 6.45) is 0. The van der Waals surface area contributed by atoms with E-state index in [1.807, 2.05) is 0 Å². The van der Waals surface area contributed by atoms with Crippen molar-refractivity contribution in [2.24, 2.45) is 0 Å². The smallest absolute Gasteiger partial charge is 0.216 e. The number of halogens is 2. The van der Waals surface area contributed by atoms with Crippen molar-refractivity contribution in [1.29, 1.82) is 0 Å². The Bertz CT molecular complexity index is 48.2. The van der Waals surface area contributed by atoms with Crippen LogP contribution < -0.4 is 5.32 Å². The molecule has 0 aromatic heterocycles. The average molecular weight is 146 g/mol. The molecule has 0 aliphatic carbocycles. The maximum absolute atomic E-state index is 9.70. The Labute approximate surface area is 55.5 Å². The summed E-state index contributed by atoms with van der Waals surface area (Å²) in [5, 5.41) is 2.39. The molecule has 0 atom stereocenters. The van der Waals surface area contributed by atoms with Crippen LogP contribution in [0.25, 0.3) is 0 Å². The monoisotopic (exact) mass is 145 g/mol. The first-order valence-corrected chi connectivity index (χ1v) is 1.45. The fourth-order valence-electron chi connectivity index (χ4n) is 0. The lowest BCUT2D eigenvalue weighted by molar-refractivity contribution is -0.118. The second kappa shape index (κ2) is 9.41. The van der Waals surface area contributed by atoms with Gasteiger partial charge in [0.1, 0.15) is 0 Å². The fraction of sp³-hybridized carbons (Fsp3) is 0.667. The van der Waals surface area contributed by atoms with Gasteiger partial charge in [0, 0.05) is 14.0 Å². The molecule has 7 heavy (non-hydrogen) atoms. The molecule has 0 aliphatic heterocycles. The van der Waals surface area contributed by atoms with Gasteiger partial charge in [-0.3, -0.25) is 4.79 Å². The van der Waals surface area contributed by atoms with Crippen LogP contribution in [-0.2, 0) is 4.79 Å². The van der Waals surface area contributed by atoms with Gasteiger partial charge in [-0.05, 0) is 0 Å². The summed E-state index contributed by atoms with van der Waals surface area (Å²) in [6.45, 7) is 1.47. The Hall–Kier alpha value is 0.0500. The molecule has 46 valence electrons. The highest BCUT2D eigenvalue weighted by atomic mass is 35.5. The highest BCUT2D eigenvalue weighted by Gasteiger charge is 1.72. The molecule has 0 bridgehead atoms. The summed E-state index contributed by atoms with van der Waals surface area (Å²) < 4.78 is 0. The van der Waals surface area contributed by atoms with Crippen LogP contribution in [0.2, 0.25) is 0 Å². The van der Waals surface area contributed by atoms with Crippen LogP contribution >= 0.6 is 24.8 Å². The average Bonchev–Trinajstić information content (AvgIpc) is 1.38. The molecule has 0 fully saturated rings. The van der Waals surface area contributed by atoms with E-state index in [1.165, 1.54) is 6.92 Å². The second-order valence-corrected chi connectivity index (χ2v) is 0.806. The van der Waals surface area contributed by atoms with E-state index >= 15 is 0 Å². The standard InChI is InChI=1S/C3H7NO.2ClH/c1-3(5)4-2;;/h1-2H3,(H,4,5);2*1H. The number of hydrogen-bond donors (Lipinski definition) is 1. The van der Waals surface area contributed by atoms with E-state index in [4.69, 9.17) is 0 Å². The molecule has 1 N–H and O–H groups in total. The molecule has 0 rings (SSSR count). The van der Waals surface area contributed by atoms with Crippen LogP contribution in [-0.4, -0.2) is 13.0 Å². The Kier molecular flexibility index (Phi) is 21.1. The number of hydrogen-bond acceptors (Lipinski definition) is 1. The van der Waals surface area contributed by atoms with Gasteiger partial charge in [0.05, 0.1) is 0 Å². The van der Waals surface area contributed by atoms with Crippen LogP contribution in [0.4, 0.5) is 0 Å². The van der Waals surface area contributed by atoms with Gasteiger partial charge in [0.25, 0.3) is 0 Å². The highest BCUT2D eigenvalue weighted by Crippen LogP contribution is 1.45. The molecule has 0 radical (unpaired) electrons. The molecule has 2 nitrogen and oxygen atoms in total. The van der Waals surface area contributed by atoms with Crippen molar-refractivity contribution < 1.29 is 4.79 Å². The third-order valence-corrected chi connectivity index (χ3v) is 0.352. The molecule has 4 heteroatoms. The number of carbonyl (C=O) groups excluding carboxylic acids is 1. The summed E-state index contributed by atoms with van der Waals surface area (Å²) in [6, 6.07) is 0. The predicted octanol–water partition coefficient (Wildman–Crippen LogP) is 0.596. The van der Waals surface area contributed by atoms with Gasteiger partial charge in [-0.25, -0.2) is 0 Å². The van der Waals surface area contributed by atoms with Crippen LogP contribution in [0.1, 0.15) is 6.92 Å². The summed E-state index contributed by atoms with van der Waals surface area (Å²) in [5.41, 5.74) is 0. The van der Waals surface area contributed by atoms with Crippen molar-refractivity contribution >= 4 is 30.7 Å². The molecule has 0 saturated heterocycles. The molecule has 1 amide bonds. The molecule has 0 saturated carbocycles. The summed E-state index contributed by atoms with van der Waals surface area (Å²) in [4.78, 5) is 9.70. The predicted molar refractivity (Wildman–Crippen MR) is 34.2 cm³/mol. The molecular weight excluding hydrogens is 137 g/mol. The first-order chi connectivity index (χ1) is 2.27. The zero-order valence-corrected chi connectivity index (χ0v) is 5.86. The Balaban J connectivity index is -0.0000000800. The van der Waals surface area contributed by atoms with E-state index < -0.39 is 0 Å². The van der Waals surface area contributed by atoms with Crippen molar-refractivity contribution in [2.45, 2.75) is 6.92 Å².